The van der Waals surface area contributed by atoms with E-state index >= 15 is 0 Å². The van der Waals surface area contributed by atoms with Gasteiger partial charge in [-0.2, -0.15) is 0 Å². The summed E-state index contributed by atoms with van der Waals surface area (Å²) in [5.41, 5.74) is 0.734. The molecule has 2 aromatic rings. The van der Waals surface area contributed by atoms with E-state index in [2.05, 4.69) is 10.0 Å². The Balaban J connectivity index is 2.07. The summed E-state index contributed by atoms with van der Waals surface area (Å²) >= 11 is 6.20. The van der Waals surface area contributed by atoms with Crippen LogP contribution in [0.2, 0.25) is 0 Å². The number of hydrogen-bond donors (Lipinski definition) is 2. The molecule has 0 aliphatic heterocycles. The fourth-order valence-electron chi connectivity index (χ4n) is 1.41. The van der Waals surface area contributed by atoms with Crippen LogP contribution in [-0.2, 0) is 10.0 Å². The molecule has 1 aromatic heterocycles. The summed E-state index contributed by atoms with van der Waals surface area (Å²) < 4.78 is 26.6. The predicted molar refractivity (Wildman–Crippen MR) is 82.0 cm³/mol. The van der Waals surface area contributed by atoms with Gasteiger partial charge in [-0.05, 0) is 43.4 Å². The van der Waals surface area contributed by atoms with Crippen LogP contribution in [-0.4, -0.2) is 13.5 Å². The maximum absolute atomic E-state index is 12.0. The van der Waals surface area contributed by atoms with Gasteiger partial charge < -0.3 is 5.32 Å². The zero-order chi connectivity index (χ0) is 13.9. The lowest BCUT2D eigenvalue weighted by atomic mass is 10.3. The molecule has 0 unspecified atom stereocenters. The number of nitrogens with one attached hydrogen (secondary N) is 2. The molecule has 100 valence electrons. The lowest BCUT2D eigenvalue weighted by Gasteiger charge is -2.09. The van der Waals surface area contributed by atoms with E-state index in [1.54, 1.807) is 24.3 Å². The predicted octanol–water partition coefficient (Wildman–Crippen LogP) is 2.73. The van der Waals surface area contributed by atoms with Gasteiger partial charge in [0.15, 0.2) is 5.11 Å². The minimum absolute atomic E-state index is 0.0530. The highest BCUT2D eigenvalue weighted by Gasteiger charge is 2.17. The van der Waals surface area contributed by atoms with E-state index < -0.39 is 10.0 Å². The quantitative estimate of drug-likeness (QED) is 0.856. The SMILES string of the molecule is Cc1ccc(S(=O)(=O)NC(=S)Nc2ccccc2)s1. The van der Waals surface area contributed by atoms with Gasteiger partial charge in [0.25, 0.3) is 10.0 Å². The first-order valence-electron chi connectivity index (χ1n) is 5.43. The Labute approximate surface area is 121 Å². The number of benzene rings is 1. The molecule has 0 bridgehead atoms. The van der Waals surface area contributed by atoms with E-state index in [-0.39, 0.29) is 9.32 Å². The topological polar surface area (TPSA) is 58.2 Å². The fourth-order valence-corrected chi connectivity index (χ4v) is 4.04. The van der Waals surface area contributed by atoms with Crippen molar-refractivity contribution < 1.29 is 8.42 Å². The Morgan fingerprint density at radius 2 is 1.84 bits per heavy atom. The van der Waals surface area contributed by atoms with E-state index in [4.69, 9.17) is 12.2 Å². The summed E-state index contributed by atoms with van der Waals surface area (Å²) in [6, 6.07) is 12.5. The Hall–Kier alpha value is -1.44. The Morgan fingerprint density at radius 3 is 2.42 bits per heavy atom. The van der Waals surface area contributed by atoms with E-state index in [1.807, 2.05) is 25.1 Å². The molecule has 4 nitrogen and oxygen atoms in total. The Morgan fingerprint density at radius 1 is 1.16 bits per heavy atom. The maximum atomic E-state index is 12.0. The van der Waals surface area contributed by atoms with Gasteiger partial charge in [0.2, 0.25) is 0 Å². The van der Waals surface area contributed by atoms with Crippen LogP contribution in [0.1, 0.15) is 4.88 Å². The van der Waals surface area contributed by atoms with Crippen LogP contribution >= 0.6 is 23.6 Å². The molecule has 0 amide bonds. The van der Waals surface area contributed by atoms with Gasteiger partial charge >= 0.3 is 0 Å². The maximum Gasteiger partial charge on any atom is 0.273 e. The molecule has 0 atom stereocenters. The molecule has 0 saturated heterocycles. The van der Waals surface area contributed by atoms with E-state index in [0.29, 0.717) is 0 Å². The minimum Gasteiger partial charge on any atom is -0.332 e. The minimum atomic E-state index is -3.59. The summed E-state index contributed by atoms with van der Waals surface area (Å²) in [6.45, 7) is 1.85. The van der Waals surface area contributed by atoms with Crippen molar-refractivity contribution in [3.05, 3.63) is 47.3 Å². The Bertz CT molecular complexity index is 678. The standard InChI is InChI=1S/C12H12N2O2S3/c1-9-7-8-11(18-9)19(15,16)14-12(17)13-10-5-3-2-4-6-10/h2-8H,1H3,(H2,13,14,17). The molecule has 1 aromatic carbocycles. The molecule has 0 fully saturated rings. The highest BCUT2D eigenvalue weighted by Crippen LogP contribution is 2.20. The van der Waals surface area contributed by atoms with Gasteiger partial charge in [-0.3, -0.25) is 4.72 Å². The van der Waals surface area contributed by atoms with Gasteiger partial charge in [0, 0.05) is 10.6 Å². The molecule has 0 spiro atoms. The van der Waals surface area contributed by atoms with Crippen molar-refractivity contribution in [2.75, 3.05) is 5.32 Å². The lowest BCUT2D eigenvalue weighted by Crippen LogP contribution is -2.33. The number of thiophene rings is 1. The van der Waals surface area contributed by atoms with Crippen LogP contribution in [0.15, 0.2) is 46.7 Å². The number of rotatable bonds is 3. The zero-order valence-electron chi connectivity index (χ0n) is 10.1. The number of thiocarbonyl (C=S) groups is 1. The van der Waals surface area contributed by atoms with Crippen LogP contribution in [0.3, 0.4) is 0 Å². The van der Waals surface area contributed by atoms with Crippen molar-refractivity contribution in [3.63, 3.8) is 0 Å². The molecular formula is C12H12N2O2S3. The fraction of sp³-hybridized carbons (Fsp3) is 0.0833. The van der Waals surface area contributed by atoms with Crippen LogP contribution in [0, 0.1) is 6.92 Å². The van der Waals surface area contributed by atoms with Crippen molar-refractivity contribution in [2.45, 2.75) is 11.1 Å². The van der Waals surface area contributed by atoms with Gasteiger partial charge in [-0.1, -0.05) is 18.2 Å². The molecule has 1 heterocycles. The van der Waals surface area contributed by atoms with E-state index in [0.717, 1.165) is 10.6 Å². The van der Waals surface area contributed by atoms with Gasteiger partial charge in [-0.25, -0.2) is 8.42 Å². The van der Waals surface area contributed by atoms with E-state index in [9.17, 15) is 8.42 Å². The van der Waals surface area contributed by atoms with Gasteiger partial charge in [0.05, 0.1) is 0 Å². The second-order valence-electron chi connectivity index (χ2n) is 3.79. The van der Waals surface area contributed by atoms with Crippen LogP contribution in [0.5, 0.6) is 0 Å². The summed E-state index contributed by atoms with van der Waals surface area (Å²) in [5.74, 6) is 0. The largest absolute Gasteiger partial charge is 0.332 e. The van der Waals surface area contributed by atoms with Crippen LogP contribution in [0.4, 0.5) is 5.69 Å². The smallest absolute Gasteiger partial charge is 0.273 e. The third-order valence-corrected chi connectivity index (χ3v) is 5.41. The average molecular weight is 312 g/mol. The zero-order valence-corrected chi connectivity index (χ0v) is 12.5. The monoisotopic (exact) mass is 312 g/mol. The Kier molecular flexibility index (Phi) is 4.18. The number of sulfonamides is 1. The highest BCUT2D eigenvalue weighted by molar-refractivity contribution is 7.93. The van der Waals surface area contributed by atoms with Crippen molar-refractivity contribution in [1.82, 2.24) is 4.72 Å². The molecule has 7 heteroatoms. The van der Waals surface area contributed by atoms with Gasteiger partial charge in [0.1, 0.15) is 4.21 Å². The first kappa shape index (κ1) is 14.0. The van der Waals surface area contributed by atoms with Gasteiger partial charge in [-0.15, -0.1) is 11.3 Å². The first-order chi connectivity index (χ1) is 8.97. The summed E-state index contributed by atoms with van der Waals surface area (Å²) in [7, 11) is -3.59. The van der Waals surface area contributed by atoms with Crippen LogP contribution < -0.4 is 10.0 Å². The molecule has 0 aliphatic rings. The number of para-hydroxylation sites is 1. The van der Waals surface area contributed by atoms with Crippen molar-refractivity contribution in [3.8, 4) is 0 Å². The van der Waals surface area contributed by atoms with Crippen LogP contribution in [0.25, 0.3) is 0 Å². The normalized spacial score (nSPS) is 11.0. The third-order valence-electron chi connectivity index (χ3n) is 2.24. The summed E-state index contributed by atoms with van der Waals surface area (Å²) in [5, 5.41) is 2.87. The first-order valence-corrected chi connectivity index (χ1v) is 8.13. The summed E-state index contributed by atoms with van der Waals surface area (Å²) in [4.78, 5) is 0.933. The van der Waals surface area contributed by atoms with Crippen molar-refractivity contribution in [1.29, 1.82) is 0 Å². The number of aryl methyl sites for hydroxylation is 1. The molecular weight excluding hydrogens is 300 g/mol. The molecule has 19 heavy (non-hydrogen) atoms. The average Bonchev–Trinajstić information content (AvgIpc) is 2.77. The third kappa shape index (κ3) is 3.76. The molecule has 0 saturated carbocycles. The van der Waals surface area contributed by atoms with Crippen molar-refractivity contribution in [2.24, 2.45) is 0 Å². The highest BCUT2D eigenvalue weighted by atomic mass is 32.2. The van der Waals surface area contributed by atoms with E-state index in [1.165, 1.54) is 11.3 Å². The molecule has 2 N–H and O–H groups in total. The molecule has 0 aliphatic carbocycles. The summed E-state index contributed by atoms with van der Waals surface area (Å²) in [6.07, 6.45) is 0. The lowest BCUT2D eigenvalue weighted by molar-refractivity contribution is 0.595. The van der Waals surface area contributed by atoms with Crippen molar-refractivity contribution >= 4 is 44.4 Å². The molecule has 0 radical (unpaired) electrons. The molecule has 2 rings (SSSR count). The number of anilines is 1. The second kappa shape index (κ2) is 5.68. The second-order valence-corrected chi connectivity index (χ2v) is 7.40. The number of hydrogen-bond acceptors (Lipinski definition) is 4.